The molecule has 0 bridgehead atoms. The summed E-state index contributed by atoms with van der Waals surface area (Å²) in [6, 6.07) is 6.84. The van der Waals surface area contributed by atoms with E-state index in [-0.39, 0.29) is 11.9 Å². The standard InChI is InChI=1S/C14H22N2O3/c1-10(2)13(17)7-8-15-14(18)16-11-5-4-6-12(9-11)19-3/h4-6,9-10,13,17H,7-8H2,1-3H3,(H2,15,16,18). The van der Waals surface area contributed by atoms with Gasteiger partial charge < -0.3 is 20.5 Å². The number of hydrogen-bond acceptors (Lipinski definition) is 3. The summed E-state index contributed by atoms with van der Waals surface area (Å²) in [5.41, 5.74) is 0.668. The highest BCUT2D eigenvalue weighted by atomic mass is 16.5. The predicted molar refractivity (Wildman–Crippen MR) is 75.5 cm³/mol. The van der Waals surface area contributed by atoms with Crippen molar-refractivity contribution in [1.82, 2.24) is 5.32 Å². The molecule has 0 fully saturated rings. The first-order valence-corrected chi connectivity index (χ1v) is 6.40. The molecule has 0 aromatic heterocycles. The van der Waals surface area contributed by atoms with Crippen LogP contribution in [0, 0.1) is 5.92 Å². The van der Waals surface area contributed by atoms with Gasteiger partial charge in [-0.1, -0.05) is 19.9 Å². The van der Waals surface area contributed by atoms with Gasteiger partial charge >= 0.3 is 6.03 Å². The van der Waals surface area contributed by atoms with Gasteiger partial charge in [0.2, 0.25) is 0 Å². The van der Waals surface area contributed by atoms with E-state index in [4.69, 9.17) is 4.74 Å². The monoisotopic (exact) mass is 266 g/mol. The SMILES string of the molecule is COc1cccc(NC(=O)NCCC(O)C(C)C)c1. The molecule has 3 N–H and O–H groups in total. The van der Waals surface area contributed by atoms with Crippen LogP contribution >= 0.6 is 0 Å². The first-order valence-electron chi connectivity index (χ1n) is 6.40. The molecular formula is C14H22N2O3. The molecule has 1 atom stereocenters. The van der Waals surface area contributed by atoms with Gasteiger partial charge in [-0.05, 0) is 24.5 Å². The molecule has 1 rings (SSSR count). The maximum atomic E-state index is 11.6. The molecule has 0 spiro atoms. The Labute approximate surface area is 114 Å². The van der Waals surface area contributed by atoms with Crippen LogP contribution in [0.1, 0.15) is 20.3 Å². The highest BCUT2D eigenvalue weighted by Crippen LogP contribution is 2.16. The van der Waals surface area contributed by atoms with Crippen LogP contribution in [0.15, 0.2) is 24.3 Å². The fraction of sp³-hybridized carbons (Fsp3) is 0.500. The predicted octanol–water partition coefficient (Wildman–Crippen LogP) is 2.22. The molecular weight excluding hydrogens is 244 g/mol. The number of aliphatic hydroxyl groups excluding tert-OH is 1. The molecule has 0 aliphatic heterocycles. The Kier molecular flexibility index (Phi) is 6.15. The van der Waals surface area contributed by atoms with Gasteiger partial charge in [-0.15, -0.1) is 0 Å². The molecule has 0 radical (unpaired) electrons. The van der Waals surface area contributed by atoms with Crippen LogP contribution in [-0.2, 0) is 0 Å². The number of methoxy groups -OCH3 is 1. The van der Waals surface area contributed by atoms with Crippen molar-refractivity contribution in [2.45, 2.75) is 26.4 Å². The van der Waals surface area contributed by atoms with E-state index >= 15 is 0 Å². The van der Waals surface area contributed by atoms with Crippen molar-refractivity contribution in [1.29, 1.82) is 0 Å². The number of amides is 2. The van der Waals surface area contributed by atoms with Gasteiger partial charge in [0.1, 0.15) is 5.75 Å². The minimum atomic E-state index is -0.392. The number of nitrogens with one attached hydrogen (secondary N) is 2. The van der Waals surface area contributed by atoms with Gasteiger partial charge in [-0.25, -0.2) is 4.79 Å². The Bertz CT molecular complexity index is 407. The fourth-order valence-corrected chi connectivity index (χ4v) is 1.54. The summed E-state index contributed by atoms with van der Waals surface area (Å²) in [7, 11) is 1.58. The van der Waals surface area contributed by atoms with Gasteiger partial charge in [0.05, 0.1) is 13.2 Å². The first-order chi connectivity index (χ1) is 9.02. The molecule has 5 heteroatoms. The second kappa shape index (κ2) is 7.63. The van der Waals surface area contributed by atoms with Crippen molar-refractivity contribution in [2.24, 2.45) is 5.92 Å². The smallest absolute Gasteiger partial charge is 0.319 e. The summed E-state index contributed by atoms with van der Waals surface area (Å²) in [4.78, 5) is 11.6. The Balaban J connectivity index is 2.34. The van der Waals surface area contributed by atoms with Crippen molar-refractivity contribution >= 4 is 11.7 Å². The van der Waals surface area contributed by atoms with Gasteiger partial charge in [-0.3, -0.25) is 0 Å². The van der Waals surface area contributed by atoms with E-state index < -0.39 is 6.10 Å². The summed E-state index contributed by atoms with van der Waals surface area (Å²) in [5.74, 6) is 0.885. The fourth-order valence-electron chi connectivity index (χ4n) is 1.54. The average Bonchev–Trinajstić information content (AvgIpc) is 2.38. The third-order valence-electron chi connectivity index (χ3n) is 2.82. The second-order valence-electron chi connectivity index (χ2n) is 4.71. The van der Waals surface area contributed by atoms with Crippen LogP contribution in [0.4, 0.5) is 10.5 Å². The lowest BCUT2D eigenvalue weighted by Crippen LogP contribution is -2.32. The Hall–Kier alpha value is -1.75. The molecule has 1 aromatic carbocycles. The third kappa shape index (κ3) is 5.61. The molecule has 1 aromatic rings. The number of rotatable bonds is 6. The van der Waals surface area contributed by atoms with E-state index in [9.17, 15) is 9.90 Å². The lowest BCUT2D eigenvalue weighted by molar-refractivity contribution is 0.117. The lowest BCUT2D eigenvalue weighted by Gasteiger charge is -2.14. The van der Waals surface area contributed by atoms with Crippen LogP contribution in [0.5, 0.6) is 5.75 Å². The zero-order chi connectivity index (χ0) is 14.3. The number of aliphatic hydroxyl groups is 1. The molecule has 0 aliphatic carbocycles. The normalized spacial score (nSPS) is 12.1. The molecule has 0 saturated heterocycles. The number of hydrogen-bond donors (Lipinski definition) is 3. The Morgan fingerprint density at radius 3 is 2.79 bits per heavy atom. The maximum Gasteiger partial charge on any atom is 0.319 e. The molecule has 0 heterocycles. The highest BCUT2D eigenvalue weighted by molar-refractivity contribution is 5.89. The van der Waals surface area contributed by atoms with Crippen LogP contribution in [-0.4, -0.2) is 30.9 Å². The summed E-state index contributed by atoms with van der Waals surface area (Å²) < 4.78 is 5.07. The molecule has 1 unspecified atom stereocenters. The molecule has 2 amide bonds. The topological polar surface area (TPSA) is 70.6 Å². The minimum absolute atomic E-state index is 0.197. The minimum Gasteiger partial charge on any atom is -0.497 e. The second-order valence-corrected chi connectivity index (χ2v) is 4.71. The summed E-state index contributed by atoms with van der Waals surface area (Å²) >= 11 is 0. The van der Waals surface area contributed by atoms with Crippen molar-refractivity contribution in [3.8, 4) is 5.75 Å². The summed E-state index contributed by atoms with van der Waals surface area (Å²) in [6.45, 7) is 4.33. The van der Waals surface area contributed by atoms with Crippen LogP contribution in [0.2, 0.25) is 0 Å². The van der Waals surface area contributed by atoms with Gasteiger partial charge in [0.15, 0.2) is 0 Å². The van der Waals surface area contributed by atoms with Crippen LogP contribution in [0.3, 0.4) is 0 Å². The number of carbonyl (C=O) groups is 1. The number of ether oxygens (including phenoxy) is 1. The quantitative estimate of drug-likeness (QED) is 0.739. The van der Waals surface area contributed by atoms with E-state index in [0.717, 1.165) is 0 Å². The number of benzene rings is 1. The first kappa shape index (κ1) is 15.3. The molecule has 0 aliphatic rings. The molecule has 106 valence electrons. The summed E-state index contributed by atoms with van der Waals surface area (Å²) in [5, 5.41) is 15.0. The largest absolute Gasteiger partial charge is 0.497 e. The highest BCUT2D eigenvalue weighted by Gasteiger charge is 2.09. The molecule has 0 saturated carbocycles. The molecule has 5 nitrogen and oxygen atoms in total. The van der Waals surface area contributed by atoms with E-state index in [1.807, 2.05) is 19.9 Å². The Morgan fingerprint density at radius 1 is 1.42 bits per heavy atom. The lowest BCUT2D eigenvalue weighted by atomic mass is 10.0. The van der Waals surface area contributed by atoms with Crippen molar-refractivity contribution in [2.75, 3.05) is 19.0 Å². The van der Waals surface area contributed by atoms with Crippen LogP contribution < -0.4 is 15.4 Å². The third-order valence-corrected chi connectivity index (χ3v) is 2.82. The zero-order valence-electron chi connectivity index (χ0n) is 11.6. The van der Waals surface area contributed by atoms with Crippen LogP contribution in [0.25, 0.3) is 0 Å². The Morgan fingerprint density at radius 2 is 2.16 bits per heavy atom. The molecule has 19 heavy (non-hydrogen) atoms. The van der Waals surface area contributed by atoms with Crippen molar-refractivity contribution in [3.05, 3.63) is 24.3 Å². The van der Waals surface area contributed by atoms with Gasteiger partial charge in [0.25, 0.3) is 0 Å². The number of carbonyl (C=O) groups excluding carboxylic acids is 1. The average molecular weight is 266 g/mol. The van der Waals surface area contributed by atoms with Gasteiger partial charge in [-0.2, -0.15) is 0 Å². The zero-order valence-corrected chi connectivity index (χ0v) is 11.6. The van der Waals surface area contributed by atoms with Crippen molar-refractivity contribution in [3.63, 3.8) is 0 Å². The van der Waals surface area contributed by atoms with Crippen molar-refractivity contribution < 1.29 is 14.6 Å². The van der Waals surface area contributed by atoms with E-state index in [1.54, 1.807) is 25.3 Å². The number of anilines is 1. The maximum absolute atomic E-state index is 11.6. The van der Waals surface area contributed by atoms with E-state index in [1.165, 1.54) is 0 Å². The summed E-state index contributed by atoms with van der Waals surface area (Å²) in [6.07, 6.45) is 0.153. The van der Waals surface area contributed by atoms with E-state index in [0.29, 0.717) is 24.4 Å². The van der Waals surface area contributed by atoms with E-state index in [2.05, 4.69) is 10.6 Å². The number of urea groups is 1. The van der Waals surface area contributed by atoms with Gasteiger partial charge in [0, 0.05) is 18.3 Å².